The topological polar surface area (TPSA) is 66.8 Å². The smallest absolute Gasteiger partial charge is 0.243 e. The third kappa shape index (κ3) is 2.97. The molecule has 1 aliphatic heterocycles. The van der Waals surface area contributed by atoms with E-state index >= 15 is 0 Å². The lowest BCUT2D eigenvalue weighted by molar-refractivity contribution is 0.273. The number of benzene rings is 1. The van der Waals surface area contributed by atoms with Gasteiger partial charge in [0.2, 0.25) is 10.0 Å². The second-order valence-electron chi connectivity index (χ2n) is 5.22. The number of sulfonamides is 1. The maximum atomic E-state index is 12.6. The summed E-state index contributed by atoms with van der Waals surface area (Å²) in [4.78, 5) is 0.219. The molecule has 1 fully saturated rings. The largest absolute Gasteiger partial charge is 0.496 e. The van der Waals surface area contributed by atoms with Gasteiger partial charge in [-0.2, -0.15) is 4.31 Å². The average molecular weight is 299 g/mol. The van der Waals surface area contributed by atoms with Gasteiger partial charge in [-0.25, -0.2) is 8.42 Å². The van der Waals surface area contributed by atoms with Crippen LogP contribution in [-0.2, 0) is 16.6 Å². The van der Waals surface area contributed by atoms with Gasteiger partial charge < -0.3 is 9.84 Å². The van der Waals surface area contributed by atoms with Crippen molar-refractivity contribution >= 4 is 10.0 Å². The summed E-state index contributed by atoms with van der Waals surface area (Å²) in [6.07, 6.45) is 1.78. The van der Waals surface area contributed by atoms with Crippen LogP contribution >= 0.6 is 0 Å². The van der Waals surface area contributed by atoms with E-state index in [-0.39, 0.29) is 11.5 Å². The van der Waals surface area contributed by atoms with Crippen LogP contribution in [0.3, 0.4) is 0 Å². The number of aliphatic hydroxyl groups is 1. The second kappa shape index (κ2) is 6.11. The molecule has 112 valence electrons. The summed E-state index contributed by atoms with van der Waals surface area (Å²) in [5, 5.41) is 9.30. The van der Waals surface area contributed by atoms with E-state index in [4.69, 9.17) is 4.74 Å². The normalized spacial score (nSPS) is 18.1. The monoisotopic (exact) mass is 299 g/mol. The van der Waals surface area contributed by atoms with Gasteiger partial charge in [0, 0.05) is 18.7 Å². The highest BCUT2D eigenvalue weighted by atomic mass is 32.2. The molecule has 0 amide bonds. The first-order chi connectivity index (χ1) is 9.48. The molecule has 1 aromatic rings. The Kier molecular flexibility index (Phi) is 4.67. The minimum atomic E-state index is -3.48. The van der Waals surface area contributed by atoms with Crippen molar-refractivity contribution in [2.45, 2.75) is 31.3 Å². The molecule has 0 spiro atoms. The summed E-state index contributed by atoms with van der Waals surface area (Å²) in [7, 11) is -1.98. The fourth-order valence-corrected chi connectivity index (χ4v) is 3.93. The minimum Gasteiger partial charge on any atom is -0.496 e. The molecule has 1 N–H and O–H groups in total. The van der Waals surface area contributed by atoms with E-state index < -0.39 is 10.0 Å². The highest BCUT2D eigenvalue weighted by Gasteiger charge is 2.28. The van der Waals surface area contributed by atoms with Crippen molar-refractivity contribution in [1.82, 2.24) is 4.31 Å². The molecule has 0 aliphatic carbocycles. The third-order valence-corrected chi connectivity index (χ3v) is 5.70. The number of hydrogen-bond acceptors (Lipinski definition) is 4. The van der Waals surface area contributed by atoms with Crippen LogP contribution in [0, 0.1) is 5.92 Å². The first-order valence-corrected chi connectivity index (χ1v) is 8.21. The lowest BCUT2D eigenvalue weighted by Crippen LogP contribution is -2.37. The fourth-order valence-electron chi connectivity index (χ4n) is 2.41. The van der Waals surface area contributed by atoms with Crippen LogP contribution < -0.4 is 4.74 Å². The molecule has 1 heterocycles. The number of aliphatic hydroxyl groups excluding tert-OH is 1. The molecule has 5 nitrogen and oxygen atoms in total. The highest BCUT2D eigenvalue weighted by Crippen LogP contribution is 2.27. The van der Waals surface area contributed by atoms with Gasteiger partial charge >= 0.3 is 0 Å². The van der Waals surface area contributed by atoms with Gasteiger partial charge in [0.1, 0.15) is 5.75 Å². The zero-order valence-electron chi connectivity index (χ0n) is 11.9. The SMILES string of the molecule is COc1ccc(S(=O)(=O)N2CCC(C)CC2)cc1CO. The summed E-state index contributed by atoms with van der Waals surface area (Å²) < 4.78 is 31.7. The van der Waals surface area contributed by atoms with Gasteiger partial charge in [0.25, 0.3) is 0 Å². The summed E-state index contributed by atoms with van der Waals surface area (Å²) >= 11 is 0. The predicted octanol–water partition coefficient (Wildman–Crippen LogP) is 1.61. The zero-order valence-corrected chi connectivity index (χ0v) is 12.7. The highest BCUT2D eigenvalue weighted by molar-refractivity contribution is 7.89. The van der Waals surface area contributed by atoms with E-state index in [9.17, 15) is 13.5 Å². The molecule has 0 atom stereocenters. The molecule has 0 radical (unpaired) electrons. The van der Waals surface area contributed by atoms with Crippen molar-refractivity contribution in [2.75, 3.05) is 20.2 Å². The molecule has 2 rings (SSSR count). The Morgan fingerprint density at radius 3 is 2.55 bits per heavy atom. The Balaban J connectivity index is 2.30. The number of piperidine rings is 1. The average Bonchev–Trinajstić information content (AvgIpc) is 2.46. The molecule has 0 saturated carbocycles. The fraction of sp³-hybridized carbons (Fsp3) is 0.571. The van der Waals surface area contributed by atoms with Crippen LogP contribution in [0.15, 0.2) is 23.1 Å². The second-order valence-corrected chi connectivity index (χ2v) is 7.16. The molecule has 0 bridgehead atoms. The van der Waals surface area contributed by atoms with Gasteiger partial charge in [-0.05, 0) is 37.0 Å². The maximum absolute atomic E-state index is 12.6. The minimum absolute atomic E-state index is 0.219. The van der Waals surface area contributed by atoms with Crippen LogP contribution in [0.25, 0.3) is 0 Å². The van der Waals surface area contributed by atoms with Gasteiger partial charge in [-0.1, -0.05) is 6.92 Å². The molecular weight excluding hydrogens is 278 g/mol. The van der Waals surface area contributed by atoms with E-state index in [1.807, 2.05) is 0 Å². The molecule has 0 aromatic heterocycles. The van der Waals surface area contributed by atoms with Crippen LogP contribution in [-0.4, -0.2) is 38.0 Å². The van der Waals surface area contributed by atoms with E-state index in [0.29, 0.717) is 30.3 Å². The molecule has 6 heteroatoms. The Labute approximate surface area is 120 Å². The Morgan fingerprint density at radius 1 is 1.35 bits per heavy atom. The molecule has 1 aliphatic rings. The zero-order chi connectivity index (χ0) is 14.8. The van der Waals surface area contributed by atoms with Crippen molar-refractivity contribution in [3.8, 4) is 5.75 Å². The number of nitrogens with zero attached hydrogens (tertiary/aromatic N) is 1. The molecule has 1 saturated heterocycles. The van der Waals surface area contributed by atoms with E-state index in [1.54, 1.807) is 6.07 Å². The summed E-state index contributed by atoms with van der Waals surface area (Å²) in [6, 6.07) is 4.61. The van der Waals surface area contributed by atoms with Crippen molar-refractivity contribution < 1.29 is 18.3 Å². The van der Waals surface area contributed by atoms with Crippen molar-refractivity contribution in [1.29, 1.82) is 0 Å². The first-order valence-electron chi connectivity index (χ1n) is 6.77. The molecule has 1 aromatic carbocycles. The van der Waals surface area contributed by atoms with Crippen LogP contribution in [0.5, 0.6) is 5.75 Å². The van der Waals surface area contributed by atoms with E-state index in [1.165, 1.54) is 23.5 Å². The van der Waals surface area contributed by atoms with Gasteiger partial charge in [-0.3, -0.25) is 0 Å². The summed E-state index contributed by atoms with van der Waals surface area (Å²) in [5.74, 6) is 1.07. The Hall–Kier alpha value is -1.11. The van der Waals surface area contributed by atoms with Crippen molar-refractivity contribution in [2.24, 2.45) is 5.92 Å². The van der Waals surface area contributed by atoms with Gasteiger partial charge in [0.15, 0.2) is 0 Å². The quantitative estimate of drug-likeness (QED) is 0.917. The van der Waals surface area contributed by atoms with Crippen LogP contribution in [0.4, 0.5) is 0 Å². The van der Waals surface area contributed by atoms with Crippen LogP contribution in [0.2, 0.25) is 0 Å². The lowest BCUT2D eigenvalue weighted by Gasteiger charge is -2.29. The van der Waals surface area contributed by atoms with E-state index in [2.05, 4.69) is 6.92 Å². The molecular formula is C14H21NO4S. The van der Waals surface area contributed by atoms with E-state index in [0.717, 1.165) is 12.8 Å². The molecule has 0 unspecified atom stereocenters. The first kappa shape index (κ1) is 15.3. The third-order valence-electron chi connectivity index (χ3n) is 3.80. The Bertz CT molecular complexity index is 563. The van der Waals surface area contributed by atoms with Gasteiger partial charge in [-0.15, -0.1) is 0 Å². The van der Waals surface area contributed by atoms with Crippen molar-refractivity contribution in [3.63, 3.8) is 0 Å². The maximum Gasteiger partial charge on any atom is 0.243 e. The number of hydrogen-bond donors (Lipinski definition) is 1. The van der Waals surface area contributed by atoms with Crippen LogP contribution in [0.1, 0.15) is 25.3 Å². The number of rotatable bonds is 4. The Morgan fingerprint density at radius 2 is 2.00 bits per heavy atom. The molecule has 20 heavy (non-hydrogen) atoms. The number of methoxy groups -OCH3 is 1. The summed E-state index contributed by atoms with van der Waals surface area (Å²) in [6.45, 7) is 3.01. The summed E-state index contributed by atoms with van der Waals surface area (Å²) in [5.41, 5.74) is 0.485. The van der Waals surface area contributed by atoms with Crippen molar-refractivity contribution in [3.05, 3.63) is 23.8 Å². The van der Waals surface area contributed by atoms with Gasteiger partial charge in [0.05, 0.1) is 18.6 Å². The standard InChI is InChI=1S/C14H21NO4S/c1-11-5-7-15(8-6-11)20(17,18)13-3-4-14(19-2)12(9-13)10-16/h3-4,9,11,16H,5-8,10H2,1-2H3. The lowest BCUT2D eigenvalue weighted by atomic mass is 10.0. The predicted molar refractivity (Wildman–Crippen MR) is 76.1 cm³/mol. The number of ether oxygens (including phenoxy) is 1.